The van der Waals surface area contributed by atoms with Gasteiger partial charge in [-0.05, 0) is 25.5 Å². The lowest BCUT2D eigenvalue weighted by Gasteiger charge is -2.49. The Morgan fingerprint density at radius 2 is 2.35 bits per heavy atom. The number of aliphatic hydroxyl groups excluding tert-OH is 1. The van der Waals surface area contributed by atoms with Gasteiger partial charge in [0, 0.05) is 17.7 Å². The van der Waals surface area contributed by atoms with Crippen molar-refractivity contribution in [2.24, 2.45) is 5.41 Å². The highest BCUT2D eigenvalue weighted by Crippen LogP contribution is 2.42. The van der Waals surface area contributed by atoms with Gasteiger partial charge in [-0.25, -0.2) is 4.98 Å². The van der Waals surface area contributed by atoms with Gasteiger partial charge in [0.1, 0.15) is 0 Å². The van der Waals surface area contributed by atoms with Crippen LogP contribution >= 0.6 is 0 Å². The summed E-state index contributed by atoms with van der Waals surface area (Å²) in [6, 6.07) is 4.00. The number of hydrogen-bond acceptors (Lipinski definition) is 4. The van der Waals surface area contributed by atoms with Crippen LogP contribution in [0.25, 0.3) is 0 Å². The van der Waals surface area contributed by atoms with Crippen molar-refractivity contribution in [1.82, 2.24) is 4.98 Å². The van der Waals surface area contributed by atoms with Crippen LogP contribution in [0.2, 0.25) is 0 Å². The Morgan fingerprint density at radius 3 is 2.94 bits per heavy atom. The Morgan fingerprint density at radius 1 is 1.59 bits per heavy atom. The molecule has 1 saturated carbocycles. The number of nitrogens with one attached hydrogen (secondary N) is 1. The zero-order valence-electron chi connectivity index (χ0n) is 10.6. The van der Waals surface area contributed by atoms with Gasteiger partial charge in [0.05, 0.1) is 12.7 Å². The van der Waals surface area contributed by atoms with Gasteiger partial charge in [0.25, 0.3) is 0 Å². The van der Waals surface area contributed by atoms with Crippen LogP contribution < -0.4 is 10.1 Å². The molecule has 0 spiro atoms. The quantitative estimate of drug-likeness (QED) is 0.840. The molecule has 4 nitrogen and oxygen atoms in total. The third kappa shape index (κ3) is 2.22. The molecule has 1 aliphatic carbocycles. The molecule has 1 aliphatic rings. The first-order valence-electron chi connectivity index (χ1n) is 6.08. The van der Waals surface area contributed by atoms with Crippen LogP contribution in [0.4, 0.5) is 5.82 Å². The van der Waals surface area contributed by atoms with E-state index in [9.17, 15) is 5.11 Å². The predicted octanol–water partition coefficient (Wildman–Crippen LogP) is 2.05. The number of pyridine rings is 1. The van der Waals surface area contributed by atoms with Crippen molar-refractivity contribution in [1.29, 1.82) is 0 Å². The highest BCUT2D eigenvalue weighted by atomic mass is 16.5. The number of hydrogen-bond donors (Lipinski definition) is 2. The lowest BCUT2D eigenvalue weighted by atomic mass is 9.64. The third-order valence-electron chi connectivity index (χ3n) is 3.60. The molecule has 17 heavy (non-hydrogen) atoms. The minimum absolute atomic E-state index is 0.110. The van der Waals surface area contributed by atoms with Crippen LogP contribution in [0.1, 0.15) is 27.2 Å². The van der Waals surface area contributed by atoms with E-state index in [0.29, 0.717) is 6.61 Å². The highest BCUT2D eigenvalue weighted by Gasteiger charge is 2.47. The van der Waals surface area contributed by atoms with Crippen LogP contribution in [0.5, 0.6) is 5.75 Å². The Balaban J connectivity index is 2.09. The fourth-order valence-electron chi connectivity index (χ4n) is 2.08. The second-order valence-electron chi connectivity index (χ2n) is 5.05. The fraction of sp³-hybridized carbons (Fsp3) is 0.615. The maximum Gasteiger partial charge on any atom is 0.168 e. The van der Waals surface area contributed by atoms with E-state index in [1.165, 1.54) is 0 Å². The minimum atomic E-state index is -0.237. The van der Waals surface area contributed by atoms with E-state index in [0.717, 1.165) is 18.0 Å². The van der Waals surface area contributed by atoms with Crippen molar-refractivity contribution in [3.63, 3.8) is 0 Å². The molecule has 1 heterocycles. The summed E-state index contributed by atoms with van der Waals surface area (Å²) in [4.78, 5) is 4.29. The third-order valence-corrected chi connectivity index (χ3v) is 3.60. The summed E-state index contributed by atoms with van der Waals surface area (Å²) in [5, 5.41) is 13.1. The maximum atomic E-state index is 9.71. The molecule has 2 rings (SSSR count). The summed E-state index contributed by atoms with van der Waals surface area (Å²) in [5.74, 6) is 1.53. The zero-order valence-corrected chi connectivity index (χ0v) is 10.6. The number of aliphatic hydroxyl groups is 1. The molecule has 0 bridgehead atoms. The largest absolute Gasteiger partial charge is 0.490 e. The Hall–Kier alpha value is -1.29. The molecule has 1 aromatic heterocycles. The zero-order chi connectivity index (χ0) is 12.5. The molecule has 2 unspecified atom stereocenters. The van der Waals surface area contributed by atoms with Crippen molar-refractivity contribution in [3.05, 3.63) is 18.3 Å². The van der Waals surface area contributed by atoms with Crippen molar-refractivity contribution < 1.29 is 9.84 Å². The van der Waals surface area contributed by atoms with E-state index in [2.05, 4.69) is 24.1 Å². The van der Waals surface area contributed by atoms with E-state index in [4.69, 9.17) is 4.74 Å². The van der Waals surface area contributed by atoms with Gasteiger partial charge in [0.2, 0.25) is 0 Å². The van der Waals surface area contributed by atoms with Crippen LogP contribution in [0, 0.1) is 5.41 Å². The Labute approximate surface area is 102 Å². The predicted molar refractivity (Wildman–Crippen MR) is 67.2 cm³/mol. The van der Waals surface area contributed by atoms with Crippen LogP contribution in [0.3, 0.4) is 0 Å². The molecule has 2 N–H and O–H groups in total. The summed E-state index contributed by atoms with van der Waals surface area (Å²) < 4.78 is 5.51. The van der Waals surface area contributed by atoms with Crippen molar-refractivity contribution in [2.45, 2.75) is 39.3 Å². The van der Waals surface area contributed by atoms with E-state index >= 15 is 0 Å². The standard InChI is InChI=1S/C13H20N2O2/c1-4-17-9-6-5-7-14-12(9)15-10-8-11(16)13(10,2)3/h5-7,10-11,16H,4,8H2,1-3H3,(H,14,15). The summed E-state index contributed by atoms with van der Waals surface area (Å²) in [6.45, 7) is 6.69. The van der Waals surface area contributed by atoms with Gasteiger partial charge in [-0.2, -0.15) is 0 Å². The smallest absolute Gasteiger partial charge is 0.168 e. The summed E-state index contributed by atoms with van der Waals surface area (Å²) >= 11 is 0. The fourth-order valence-corrected chi connectivity index (χ4v) is 2.08. The molecule has 4 heteroatoms. The van der Waals surface area contributed by atoms with Crippen LogP contribution in [-0.2, 0) is 0 Å². The van der Waals surface area contributed by atoms with Crippen molar-refractivity contribution >= 4 is 5.82 Å². The van der Waals surface area contributed by atoms with Gasteiger partial charge in [-0.15, -0.1) is 0 Å². The van der Waals surface area contributed by atoms with Gasteiger partial charge in [-0.3, -0.25) is 0 Å². The Kier molecular flexibility index (Phi) is 3.24. The maximum absolute atomic E-state index is 9.71. The Bertz CT molecular complexity index is 393. The van der Waals surface area contributed by atoms with E-state index in [-0.39, 0.29) is 17.6 Å². The minimum Gasteiger partial charge on any atom is -0.490 e. The average Bonchev–Trinajstić information content (AvgIpc) is 2.31. The highest BCUT2D eigenvalue weighted by molar-refractivity contribution is 5.51. The lowest BCUT2D eigenvalue weighted by Crippen LogP contribution is -2.57. The molecule has 0 amide bonds. The lowest BCUT2D eigenvalue weighted by molar-refractivity contribution is -0.0512. The van der Waals surface area contributed by atoms with Gasteiger partial charge < -0.3 is 15.2 Å². The average molecular weight is 236 g/mol. The van der Waals surface area contributed by atoms with Crippen LogP contribution in [0.15, 0.2) is 18.3 Å². The number of nitrogens with zero attached hydrogens (tertiary/aromatic N) is 1. The first-order valence-corrected chi connectivity index (χ1v) is 6.08. The summed E-state index contributed by atoms with van der Waals surface area (Å²) in [7, 11) is 0. The molecule has 0 saturated heterocycles. The molecule has 0 aliphatic heterocycles. The van der Waals surface area contributed by atoms with E-state index < -0.39 is 0 Å². The van der Waals surface area contributed by atoms with Crippen molar-refractivity contribution in [3.8, 4) is 5.75 Å². The second kappa shape index (κ2) is 4.53. The van der Waals surface area contributed by atoms with Gasteiger partial charge >= 0.3 is 0 Å². The number of rotatable bonds is 4. The summed E-state index contributed by atoms with van der Waals surface area (Å²) in [5.41, 5.74) is -0.110. The monoisotopic (exact) mass is 236 g/mol. The summed E-state index contributed by atoms with van der Waals surface area (Å²) in [6.07, 6.45) is 2.27. The molecule has 94 valence electrons. The number of anilines is 1. The van der Waals surface area contributed by atoms with E-state index in [1.54, 1.807) is 6.20 Å². The first-order chi connectivity index (χ1) is 8.05. The topological polar surface area (TPSA) is 54.4 Å². The second-order valence-corrected chi connectivity index (χ2v) is 5.05. The van der Waals surface area contributed by atoms with Crippen molar-refractivity contribution in [2.75, 3.05) is 11.9 Å². The molecule has 0 radical (unpaired) electrons. The van der Waals surface area contributed by atoms with Gasteiger partial charge in [-0.1, -0.05) is 13.8 Å². The molecule has 2 atom stereocenters. The normalized spacial score (nSPS) is 26.1. The van der Waals surface area contributed by atoms with Gasteiger partial charge in [0.15, 0.2) is 11.6 Å². The molecular weight excluding hydrogens is 216 g/mol. The molecular formula is C13H20N2O2. The molecule has 1 aromatic rings. The van der Waals surface area contributed by atoms with Crippen LogP contribution in [-0.4, -0.2) is 28.8 Å². The molecule has 1 fully saturated rings. The number of aromatic nitrogens is 1. The number of ether oxygens (including phenoxy) is 1. The van der Waals surface area contributed by atoms with E-state index in [1.807, 2.05) is 19.1 Å². The first kappa shape index (κ1) is 12.2. The molecule has 0 aromatic carbocycles. The SMILES string of the molecule is CCOc1cccnc1NC1CC(O)C1(C)C.